The standard InChI is InChI=1S/C16H28N2O3/c1-10(12(19)20)9-18(5)14(21)17-13-15(2,3)11-6-7-16(13,4)8-11/h10-11,13H,6-9H2,1-5H3,(H,17,21)(H,19,20). The predicted octanol–water partition coefficient (Wildman–Crippen LogP) is 2.56. The highest BCUT2D eigenvalue weighted by Gasteiger charge is 2.59. The molecule has 0 aromatic heterocycles. The van der Waals surface area contributed by atoms with Crippen LogP contribution >= 0.6 is 0 Å². The highest BCUT2D eigenvalue weighted by atomic mass is 16.4. The maximum Gasteiger partial charge on any atom is 0.317 e. The number of carbonyl (C=O) groups excluding carboxylic acids is 1. The second-order valence-corrected chi connectivity index (χ2v) is 7.92. The van der Waals surface area contributed by atoms with Gasteiger partial charge in [-0.1, -0.05) is 27.7 Å². The average Bonchev–Trinajstić information content (AvgIpc) is 2.85. The van der Waals surface area contributed by atoms with E-state index in [4.69, 9.17) is 5.11 Å². The van der Waals surface area contributed by atoms with Crippen LogP contribution in [0.5, 0.6) is 0 Å². The molecule has 2 aliphatic rings. The molecule has 2 amide bonds. The number of amides is 2. The molecule has 2 bridgehead atoms. The molecule has 0 aromatic rings. The molecule has 4 atom stereocenters. The number of nitrogens with one attached hydrogen (secondary N) is 1. The molecule has 0 heterocycles. The third kappa shape index (κ3) is 2.74. The minimum absolute atomic E-state index is 0.113. The van der Waals surface area contributed by atoms with Gasteiger partial charge in [-0.2, -0.15) is 0 Å². The van der Waals surface area contributed by atoms with Gasteiger partial charge in [0.05, 0.1) is 5.92 Å². The van der Waals surface area contributed by atoms with E-state index < -0.39 is 11.9 Å². The number of hydrogen-bond acceptors (Lipinski definition) is 2. The van der Waals surface area contributed by atoms with E-state index in [1.165, 1.54) is 24.2 Å². The lowest BCUT2D eigenvalue weighted by atomic mass is 9.68. The summed E-state index contributed by atoms with van der Waals surface area (Å²) in [6.45, 7) is 8.61. The summed E-state index contributed by atoms with van der Waals surface area (Å²) in [5.74, 6) is -0.748. The fraction of sp³-hybridized carbons (Fsp3) is 0.875. The Bertz CT molecular complexity index is 444. The van der Waals surface area contributed by atoms with Crippen LogP contribution in [0, 0.1) is 22.7 Å². The number of carboxylic acid groups (broad SMARTS) is 1. The van der Waals surface area contributed by atoms with Crippen LogP contribution in [0.1, 0.15) is 47.0 Å². The number of rotatable bonds is 4. The monoisotopic (exact) mass is 296 g/mol. The summed E-state index contributed by atoms with van der Waals surface area (Å²) in [5.41, 5.74) is 0.297. The SMILES string of the molecule is CC(CN(C)C(=O)NC1C2(C)CCC(C2)C1(C)C)C(=O)O. The molecule has 2 aliphatic carbocycles. The fourth-order valence-electron chi connectivity index (χ4n) is 4.47. The third-order valence-corrected chi connectivity index (χ3v) is 5.85. The van der Waals surface area contributed by atoms with Crippen LogP contribution in [0.2, 0.25) is 0 Å². The van der Waals surface area contributed by atoms with Crippen molar-refractivity contribution in [1.82, 2.24) is 10.2 Å². The highest BCUT2D eigenvalue weighted by Crippen LogP contribution is 2.62. The number of aliphatic carboxylic acids is 1. The molecular weight excluding hydrogens is 268 g/mol. The van der Waals surface area contributed by atoms with Crippen molar-refractivity contribution >= 4 is 12.0 Å². The van der Waals surface area contributed by atoms with Gasteiger partial charge in [-0.3, -0.25) is 4.79 Å². The molecule has 0 radical (unpaired) electrons. The van der Waals surface area contributed by atoms with Gasteiger partial charge in [0.1, 0.15) is 0 Å². The number of carboxylic acids is 1. The zero-order valence-electron chi connectivity index (χ0n) is 13.8. The zero-order valence-corrected chi connectivity index (χ0v) is 13.8. The van der Waals surface area contributed by atoms with E-state index in [0.29, 0.717) is 5.92 Å². The van der Waals surface area contributed by atoms with E-state index in [0.717, 1.165) is 0 Å². The van der Waals surface area contributed by atoms with E-state index in [9.17, 15) is 9.59 Å². The second-order valence-electron chi connectivity index (χ2n) is 7.92. The summed E-state index contributed by atoms with van der Waals surface area (Å²) in [7, 11) is 1.66. The lowest BCUT2D eigenvalue weighted by Crippen LogP contribution is -2.55. The average molecular weight is 296 g/mol. The van der Waals surface area contributed by atoms with Crippen LogP contribution in [0.3, 0.4) is 0 Å². The quantitative estimate of drug-likeness (QED) is 0.837. The van der Waals surface area contributed by atoms with Crippen LogP contribution in [0.15, 0.2) is 0 Å². The van der Waals surface area contributed by atoms with E-state index in [1.807, 2.05) is 0 Å². The van der Waals surface area contributed by atoms with Crippen LogP contribution in [0.25, 0.3) is 0 Å². The molecule has 2 rings (SSSR count). The Labute approximate surface area is 127 Å². The Morgan fingerprint density at radius 3 is 2.48 bits per heavy atom. The fourth-order valence-corrected chi connectivity index (χ4v) is 4.47. The molecule has 0 spiro atoms. The molecule has 21 heavy (non-hydrogen) atoms. The first-order chi connectivity index (χ1) is 9.58. The summed E-state index contributed by atoms with van der Waals surface area (Å²) in [5, 5.41) is 12.1. The molecular formula is C16H28N2O3. The van der Waals surface area contributed by atoms with Gasteiger partial charge in [-0.15, -0.1) is 0 Å². The number of carbonyl (C=O) groups is 2. The number of nitrogens with zero attached hydrogens (tertiary/aromatic N) is 1. The van der Waals surface area contributed by atoms with Gasteiger partial charge in [-0.05, 0) is 36.0 Å². The van der Waals surface area contributed by atoms with E-state index in [1.54, 1.807) is 14.0 Å². The van der Waals surface area contributed by atoms with Crippen molar-refractivity contribution in [2.75, 3.05) is 13.6 Å². The van der Waals surface area contributed by atoms with Crippen molar-refractivity contribution in [1.29, 1.82) is 0 Å². The Morgan fingerprint density at radius 2 is 2.00 bits per heavy atom. The Kier molecular flexibility index (Phi) is 3.98. The first-order valence-electron chi connectivity index (χ1n) is 7.82. The molecule has 5 heteroatoms. The lowest BCUT2D eigenvalue weighted by Gasteiger charge is -2.43. The van der Waals surface area contributed by atoms with Gasteiger partial charge in [0.25, 0.3) is 0 Å². The lowest BCUT2D eigenvalue weighted by molar-refractivity contribution is -0.141. The van der Waals surface area contributed by atoms with E-state index in [-0.39, 0.29) is 29.4 Å². The number of fused-ring (bicyclic) bond motifs is 2. The Hall–Kier alpha value is -1.26. The first-order valence-corrected chi connectivity index (χ1v) is 7.82. The van der Waals surface area contributed by atoms with Gasteiger partial charge < -0.3 is 15.3 Å². The summed E-state index contributed by atoms with van der Waals surface area (Å²) in [4.78, 5) is 24.8. The van der Waals surface area contributed by atoms with Crippen molar-refractivity contribution in [3.8, 4) is 0 Å². The second kappa shape index (κ2) is 5.18. The molecule has 120 valence electrons. The Morgan fingerprint density at radius 1 is 1.38 bits per heavy atom. The molecule has 0 aliphatic heterocycles. The topological polar surface area (TPSA) is 69.6 Å². The van der Waals surface area contributed by atoms with E-state index >= 15 is 0 Å². The molecule has 0 aromatic carbocycles. The molecule has 5 nitrogen and oxygen atoms in total. The summed E-state index contributed by atoms with van der Waals surface area (Å²) < 4.78 is 0. The maximum atomic E-state index is 12.4. The normalized spacial score (nSPS) is 34.5. The van der Waals surface area contributed by atoms with Crippen molar-refractivity contribution in [3.63, 3.8) is 0 Å². The molecule has 4 unspecified atom stereocenters. The van der Waals surface area contributed by atoms with Gasteiger partial charge in [0.2, 0.25) is 0 Å². The van der Waals surface area contributed by atoms with Crippen molar-refractivity contribution in [3.05, 3.63) is 0 Å². The smallest absolute Gasteiger partial charge is 0.317 e. The van der Waals surface area contributed by atoms with E-state index in [2.05, 4.69) is 26.1 Å². The first kappa shape index (κ1) is 16.1. The molecule has 2 saturated carbocycles. The molecule has 2 fully saturated rings. The van der Waals surface area contributed by atoms with Gasteiger partial charge in [-0.25, -0.2) is 4.79 Å². The van der Waals surface area contributed by atoms with Gasteiger partial charge >= 0.3 is 12.0 Å². The Balaban J connectivity index is 2.01. The maximum absolute atomic E-state index is 12.4. The summed E-state index contributed by atoms with van der Waals surface area (Å²) >= 11 is 0. The number of urea groups is 1. The van der Waals surface area contributed by atoms with Crippen molar-refractivity contribution in [2.45, 2.75) is 53.0 Å². The van der Waals surface area contributed by atoms with Crippen molar-refractivity contribution < 1.29 is 14.7 Å². The van der Waals surface area contributed by atoms with Crippen molar-refractivity contribution in [2.24, 2.45) is 22.7 Å². The highest BCUT2D eigenvalue weighted by molar-refractivity contribution is 5.76. The largest absolute Gasteiger partial charge is 0.481 e. The molecule has 2 N–H and O–H groups in total. The van der Waals surface area contributed by atoms with Crippen LogP contribution in [-0.4, -0.2) is 41.6 Å². The van der Waals surface area contributed by atoms with Gasteiger partial charge in [0.15, 0.2) is 0 Å². The summed E-state index contributed by atoms with van der Waals surface area (Å²) in [6, 6.07) is 0.00813. The molecule has 0 saturated heterocycles. The summed E-state index contributed by atoms with van der Waals surface area (Å²) in [6.07, 6.45) is 3.60. The van der Waals surface area contributed by atoms with Crippen LogP contribution in [-0.2, 0) is 4.79 Å². The van der Waals surface area contributed by atoms with Gasteiger partial charge in [0, 0.05) is 19.6 Å². The predicted molar refractivity (Wildman–Crippen MR) is 81.0 cm³/mol. The third-order valence-electron chi connectivity index (χ3n) is 5.85. The minimum atomic E-state index is -0.873. The van der Waals surface area contributed by atoms with Crippen LogP contribution < -0.4 is 5.32 Å². The number of hydrogen-bond donors (Lipinski definition) is 2. The van der Waals surface area contributed by atoms with Crippen LogP contribution in [0.4, 0.5) is 4.79 Å². The minimum Gasteiger partial charge on any atom is -0.481 e. The zero-order chi connectivity index (χ0) is 16.0.